The molecule has 0 spiro atoms. The molecule has 4 aromatic rings. The summed E-state index contributed by atoms with van der Waals surface area (Å²) in [5, 5.41) is 12.1. The van der Waals surface area contributed by atoms with Crippen molar-refractivity contribution >= 4 is 27.5 Å². The van der Waals surface area contributed by atoms with E-state index in [1.165, 1.54) is 40.4 Å². The van der Waals surface area contributed by atoms with Gasteiger partial charge >= 0.3 is 0 Å². The normalized spacial score (nSPS) is 14.2. The summed E-state index contributed by atoms with van der Waals surface area (Å²) in [7, 11) is 0. The third kappa shape index (κ3) is 2.83. The molecule has 0 saturated carbocycles. The smallest absolute Gasteiger partial charge is 0.213 e. The van der Waals surface area contributed by atoms with Crippen molar-refractivity contribution in [2.24, 2.45) is 0 Å². The van der Waals surface area contributed by atoms with Crippen molar-refractivity contribution < 1.29 is 9.67 Å². The highest BCUT2D eigenvalue weighted by Crippen LogP contribution is 2.35. The number of aliphatic hydroxyl groups is 1. The van der Waals surface area contributed by atoms with Crippen molar-refractivity contribution in [2.75, 3.05) is 24.6 Å². The molecular formula is C25H25N2O+. The largest absolute Gasteiger partial charge is 0.390 e. The molecule has 5 rings (SSSR count). The second-order valence-electron chi connectivity index (χ2n) is 7.53. The number of fused-ring (bicyclic) bond motifs is 2. The van der Waals surface area contributed by atoms with Gasteiger partial charge in [0.05, 0.1) is 10.8 Å². The fourth-order valence-electron chi connectivity index (χ4n) is 4.58. The second kappa shape index (κ2) is 7.25. The van der Waals surface area contributed by atoms with Crippen LogP contribution in [0.25, 0.3) is 32.9 Å². The lowest BCUT2D eigenvalue weighted by atomic mass is 9.95. The lowest BCUT2D eigenvalue weighted by molar-refractivity contribution is -0.646. The molecule has 0 bridgehead atoms. The fraction of sp³-hybridized carbons (Fsp3) is 0.240. The summed E-state index contributed by atoms with van der Waals surface area (Å²) in [6, 6.07) is 26.1. The lowest BCUT2D eigenvalue weighted by Crippen LogP contribution is -2.37. The zero-order valence-electron chi connectivity index (χ0n) is 16.0. The maximum absolute atomic E-state index is 9.63. The minimum absolute atomic E-state index is 0.128. The highest BCUT2D eigenvalue weighted by atomic mass is 16.3. The second-order valence-corrected chi connectivity index (χ2v) is 7.53. The molecule has 28 heavy (non-hydrogen) atoms. The van der Waals surface area contributed by atoms with E-state index in [4.69, 9.17) is 0 Å². The lowest BCUT2D eigenvalue weighted by Gasteiger charge is -2.18. The van der Waals surface area contributed by atoms with E-state index in [1.54, 1.807) is 0 Å². The number of aromatic nitrogens is 1. The summed E-state index contributed by atoms with van der Waals surface area (Å²) in [4.78, 5) is 2.47. The molecule has 1 aliphatic rings. The Kier molecular flexibility index (Phi) is 4.46. The van der Waals surface area contributed by atoms with E-state index >= 15 is 0 Å². The Balaban J connectivity index is 1.75. The number of para-hydroxylation sites is 2. The average Bonchev–Trinajstić information content (AvgIpc) is 3.29. The molecule has 1 fully saturated rings. The Morgan fingerprint density at radius 3 is 1.89 bits per heavy atom. The van der Waals surface area contributed by atoms with Gasteiger partial charge in [0.2, 0.25) is 11.0 Å². The highest BCUT2D eigenvalue weighted by Gasteiger charge is 2.21. The van der Waals surface area contributed by atoms with E-state index < -0.39 is 0 Å². The highest BCUT2D eigenvalue weighted by molar-refractivity contribution is 6.07. The Labute approximate surface area is 165 Å². The molecule has 0 unspecified atom stereocenters. The van der Waals surface area contributed by atoms with Crippen molar-refractivity contribution in [1.29, 1.82) is 0 Å². The van der Waals surface area contributed by atoms with Gasteiger partial charge in [-0.1, -0.05) is 36.4 Å². The molecule has 0 aliphatic carbocycles. The Hall–Kier alpha value is -2.91. The third-order valence-electron chi connectivity index (χ3n) is 5.88. The first-order valence-electron chi connectivity index (χ1n) is 10.2. The zero-order valence-corrected chi connectivity index (χ0v) is 16.0. The summed E-state index contributed by atoms with van der Waals surface area (Å²) in [5.74, 6) is 0. The maximum Gasteiger partial charge on any atom is 0.213 e. The van der Waals surface area contributed by atoms with Gasteiger partial charge in [0, 0.05) is 36.5 Å². The summed E-state index contributed by atoms with van der Waals surface area (Å²) in [5.41, 5.74) is 6.16. The van der Waals surface area contributed by atoms with Gasteiger partial charge in [0.15, 0.2) is 6.54 Å². The van der Waals surface area contributed by atoms with Crippen LogP contribution < -0.4 is 9.47 Å². The first kappa shape index (κ1) is 17.2. The van der Waals surface area contributed by atoms with Gasteiger partial charge in [0.1, 0.15) is 6.61 Å². The number of nitrogens with zero attached hydrogens (tertiary/aromatic N) is 2. The Morgan fingerprint density at radius 2 is 1.32 bits per heavy atom. The predicted octanol–water partition coefficient (Wildman–Crippen LogP) is 4.54. The topological polar surface area (TPSA) is 27.4 Å². The van der Waals surface area contributed by atoms with Gasteiger partial charge < -0.3 is 10.0 Å². The molecule has 1 saturated heterocycles. The zero-order chi connectivity index (χ0) is 18.9. The van der Waals surface area contributed by atoms with Gasteiger partial charge in [-0.25, -0.2) is 0 Å². The van der Waals surface area contributed by atoms with Gasteiger partial charge in [-0.05, 0) is 42.7 Å². The molecule has 1 aliphatic heterocycles. The predicted molar refractivity (Wildman–Crippen MR) is 116 cm³/mol. The van der Waals surface area contributed by atoms with Gasteiger partial charge in [0.25, 0.3) is 0 Å². The minimum atomic E-state index is 0.128. The number of aliphatic hydroxyl groups excluding tert-OH is 1. The van der Waals surface area contributed by atoms with E-state index in [0.717, 1.165) is 24.1 Å². The summed E-state index contributed by atoms with van der Waals surface area (Å²) in [6.45, 7) is 3.05. The van der Waals surface area contributed by atoms with Crippen LogP contribution in [0.1, 0.15) is 12.8 Å². The van der Waals surface area contributed by atoms with Crippen LogP contribution in [-0.2, 0) is 6.54 Å². The number of hydrogen-bond donors (Lipinski definition) is 1. The van der Waals surface area contributed by atoms with E-state index in [0.29, 0.717) is 6.54 Å². The number of pyridine rings is 1. The maximum atomic E-state index is 9.63. The average molecular weight is 369 g/mol. The molecule has 3 heteroatoms. The van der Waals surface area contributed by atoms with E-state index in [-0.39, 0.29) is 6.61 Å². The van der Waals surface area contributed by atoms with E-state index in [1.807, 2.05) is 0 Å². The SMILES string of the molecule is OCC[n+]1c2ccccc2c(-c2ccc(N3CCCC3)cc2)c2ccccc21. The van der Waals surface area contributed by atoms with Crippen LogP contribution in [0.5, 0.6) is 0 Å². The van der Waals surface area contributed by atoms with Crippen LogP contribution in [0.15, 0.2) is 72.8 Å². The minimum Gasteiger partial charge on any atom is -0.390 e. The molecule has 3 aromatic carbocycles. The standard InChI is InChI=1S/C25H25N2O/c28-18-17-27-23-9-3-1-7-21(23)25(22-8-2-4-10-24(22)27)19-11-13-20(14-12-19)26-15-5-6-16-26/h1-4,7-14,28H,5-6,15-18H2/q+1. The first-order valence-corrected chi connectivity index (χ1v) is 10.2. The van der Waals surface area contributed by atoms with Crippen LogP contribution in [0, 0.1) is 0 Å². The molecule has 140 valence electrons. The summed E-state index contributed by atoms with van der Waals surface area (Å²) >= 11 is 0. The summed E-state index contributed by atoms with van der Waals surface area (Å²) in [6.07, 6.45) is 2.58. The van der Waals surface area contributed by atoms with Gasteiger partial charge in [-0.2, -0.15) is 4.57 Å². The molecule has 0 atom stereocenters. The van der Waals surface area contributed by atoms with Crippen LogP contribution in [0.2, 0.25) is 0 Å². The molecule has 0 radical (unpaired) electrons. The quantitative estimate of drug-likeness (QED) is 0.422. The number of hydrogen-bond acceptors (Lipinski definition) is 2. The molecule has 0 amide bonds. The first-order chi connectivity index (χ1) is 13.9. The third-order valence-corrected chi connectivity index (χ3v) is 5.88. The Morgan fingerprint density at radius 1 is 0.750 bits per heavy atom. The number of anilines is 1. The van der Waals surface area contributed by atoms with Crippen LogP contribution in [-0.4, -0.2) is 24.8 Å². The molecule has 1 N–H and O–H groups in total. The molecular weight excluding hydrogens is 344 g/mol. The van der Waals surface area contributed by atoms with Gasteiger partial charge in [-0.15, -0.1) is 0 Å². The van der Waals surface area contributed by atoms with E-state index in [9.17, 15) is 5.11 Å². The molecule has 1 aromatic heterocycles. The van der Waals surface area contributed by atoms with Crippen LogP contribution in [0.3, 0.4) is 0 Å². The van der Waals surface area contributed by atoms with Crippen molar-refractivity contribution in [2.45, 2.75) is 19.4 Å². The molecule has 3 nitrogen and oxygen atoms in total. The monoisotopic (exact) mass is 369 g/mol. The summed E-state index contributed by atoms with van der Waals surface area (Å²) < 4.78 is 2.23. The van der Waals surface area contributed by atoms with Crippen molar-refractivity contribution in [3.63, 3.8) is 0 Å². The van der Waals surface area contributed by atoms with Crippen LogP contribution >= 0.6 is 0 Å². The van der Waals surface area contributed by atoms with E-state index in [2.05, 4.69) is 82.3 Å². The fourth-order valence-corrected chi connectivity index (χ4v) is 4.58. The number of rotatable bonds is 4. The van der Waals surface area contributed by atoms with Gasteiger partial charge in [-0.3, -0.25) is 0 Å². The Bertz CT molecular complexity index is 1070. The van der Waals surface area contributed by atoms with Crippen molar-refractivity contribution in [3.8, 4) is 11.1 Å². The van der Waals surface area contributed by atoms with Crippen molar-refractivity contribution in [1.82, 2.24) is 0 Å². The van der Waals surface area contributed by atoms with Crippen molar-refractivity contribution in [3.05, 3.63) is 72.8 Å². The molecule has 2 heterocycles. The van der Waals surface area contributed by atoms with Crippen LogP contribution in [0.4, 0.5) is 5.69 Å². The number of benzene rings is 3.